The minimum atomic E-state index is -1.28. The van der Waals surface area contributed by atoms with E-state index in [1.54, 1.807) is 13.8 Å². The number of carboxylic acids is 1. The maximum absolute atomic E-state index is 12.0. The highest BCUT2D eigenvalue weighted by atomic mass is 35.5. The summed E-state index contributed by atoms with van der Waals surface area (Å²) in [5, 5.41) is 11.2. The maximum atomic E-state index is 12.0. The van der Waals surface area contributed by atoms with Crippen molar-refractivity contribution in [3.63, 3.8) is 0 Å². The summed E-state index contributed by atoms with van der Waals surface area (Å²) in [5.41, 5.74) is 5.67. The van der Waals surface area contributed by atoms with Gasteiger partial charge in [-0.25, -0.2) is 0 Å². The van der Waals surface area contributed by atoms with Crippen molar-refractivity contribution >= 4 is 36.1 Å². The average molecular weight is 322 g/mol. The molecule has 1 heterocycles. The summed E-state index contributed by atoms with van der Waals surface area (Å²) in [6.45, 7) is 2.85. The van der Waals surface area contributed by atoms with Gasteiger partial charge in [-0.1, -0.05) is 13.8 Å². The van der Waals surface area contributed by atoms with Crippen LogP contribution in [0.15, 0.2) is 0 Å². The van der Waals surface area contributed by atoms with Crippen molar-refractivity contribution in [3.05, 3.63) is 0 Å². The number of imide groups is 1. The number of nitrogens with two attached hydrogens (primary N) is 1. The van der Waals surface area contributed by atoms with Gasteiger partial charge in [0.2, 0.25) is 11.8 Å². The molecular formula is C12H20ClN3O5. The Morgan fingerprint density at radius 2 is 2.00 bits per heavy atom. The standard InChI is InChI=1S/C12H19N3O5.ClH/c1-6(2)10(13)11(19)14-7-3-4-8(16)15(12(7)20)5-9(17)18;/h6-7,10H,3-5,13H2,1-2H3,(H,14,19)(H,17,18);1H/t7-,10-;/m0./s1. The van der Waals surface area contributed by atoms with Crippen LogP contribution in [0, 0.1) is 5.92 Å². The van der Waals surface area contributed by atoms with Gasteiger partial charge in [0.15, 0.2) is 0 Å². The third kappa shape index (κ3) is 4.98. The van der Waals surface area contributed by atoms with Crippen LogP contribution in [0.4, 0.5) is 0 Å². The number of likely N-dealkylation sites (tertiary alicyclic amines) is 1. The monoisotopic (exact) mass is 321 g/mol. The molecule has 8 nitrogen and oxygen atoms in total. The lowest BCUT2D eigenvalue weighted by molar-refractivity contribution is -0.156. The average Bonchev–Trinajstić information content (AvgIpc) is 2.36. The minimum absolute atomic E-state index is 0. The predicted octanol–water partition coefficient (Wildman–Crippen LogP) is -0.890. The van der Waals surface area contributed by atoms with E-state index in [0.717, 1.165) is 0 Å². The number of hydrogen-bond donors (Lipinski definition) is 3. The van der Waals surface area contributed by atoms with Crippen LogP contribution in [-0.2, 0) is 19.2 Å². The first-order valence-corrected chi connectivity index (χ1v) is 6.36. The van der Waals surface area contributed by atoms with E-state index in [9.17, 15) is 19.2 Å². The summed E-state index contributed by atoms with van der Waals surface area (Å²) < 4.78 is 0. The van der Waals surface area contributed by atoms with Gasteiger partial charge in [-0.05, 0) is 12.3 Å². The van der Waals surface area contributed by atoms with E-state index in [2.05, 4.69) is 5.32 Å². The van der Waals surface area contributed by atoms with Gasteiger partial charge >= 0.3 is 5.97 Å². The zero-order valence-electron chi connectivity index (χ0n) is 11.9. The van der Waals surface area contributed by atoms with Crippen LogP contribution in [0.5, 0.6) is 0 Å². The molecule has 21 heavy (non-hydrogen) atoms. The predicted molar refractivity (Wildman–Crippen MR) is 75.6 cm³/mol. The topological polar surface area (TPSA) is 130 Å². The number of nitrogens with zero attached hydrogens (tertiary/aromatic N) is 1. The van der Waals surface area contributed by atoms with Crippen LogP contribution >= 0.6 is 12.4 Å². The maximum Gasteiger partial charge on any atom is 0.323 e. The van der Waals surface area contributed by atoms with Gasteiger partial charge in [0, 0.05) is 6.42 Å². The number of carbonyl (C=O) groups is 4. The molecule has 0 aliphatic carbocycles. The molecule has 2 atom stereocenters. The van der Waals surface area contributed by atoms with Crippen LogP contribution < -0.4 is 11.1 Å². The first kappa shape index (κ1) is 19.3. The van der Waals surface area contributed by atoms with Crippen molar-refractivity contribution in [1.29, 1.82) is 0 Å². The number of rotatable bonds is 5. The van der Waals surface area contributed by atoms with Crippen LogP contribution in [0.1, 0.15) is 26.7 Å². The molecule has 9 heteroatoms. The highest BCUT2D eigenvalue weighted by molar-refractivity contribution is 6.03. The summed E-state index contributed by atoms with van der Waals surface area (Å²) in [6, 6.07) is -1.65. The Bertz CT molecular complexity index is 441. The largest absolute Gasteiger partial charge is 0.480 e. The van der Waals surface area contributed by atoms with Crippen LogP contribution in [0.2, 0.25) is 0 Å². The number of piperidine rings is 1. The number of halogens is 1. The summed E-state index contributed by atoms with van der Waals surface area (Å²) in [5.74, 6) is -3.10. The Labute approximate surface area is 128 Å². The molecule has 0 saturated carbocycles. The second kappa shape index (κ2) is 7.94. The first-order valence-electron chi connectivity index (χ1n) is 6.36. The van der Waals surface area contributed by atoms with Gasteiger partial charge in [-0.3, -0.25) is 24.1 Å². The van der Waals surface area contributed by atoms with Crippen LogP contribution in [0.25, 0.3) is 0 Å². The number of aliphatic carboxylic acids is 1. The van der Waals surface area contributed by atoms with Crippen LogP contribution in [0.3, 0.4) is 0 Å². The molecule has 1 saturated heterocycles. The molecule has 4 N–H and O–H groups in total. The Morgan fingerprint density at radius 1 is 1.43 bits per heavy atom. The molecule has 1 aliphatic heterocycles. The first-order chi connectivity index (χ1) is 9.23. The van der Waals surface area contributed by atoms with Crippen molar-refractivity contribution in [2.45, 2.75) is 38.8 Å². The number of nitrogens with one attached hydrogen (secondary N) is 1. The third-order valence-corrected chi connectivity index (χ3v) is 3.14. The van der Waals surface area contributed by atoms with Crippen molar-refractivity contribution < 1.29 is 24.3 Å². The van der Waals surface area contributed by atoms with Gasteiger partial charge in [-0.15, -0.1) is 12.4 Å². The van der Waals surface area contributed by atoms with Crippen molar-refractivity contribution in [3.8, 4) is 0 Å². The summed E-state index contributed by atoms with van der Waals surface area (Å²) in [6.07, 6.45) is 0.172. The Kier molecular flexibility index (Phi) is 7.31. The van der Waals surface area contributed by atoms with Crippen molar-refractivity contribution in [2.75, 3.05) is 6.54 Å². The lowest BCUT2D eigenvalue weighted by Gasteiger charge is -2.30. The summed E-state index contributed by atoms with van der Waals surface area (Å²) >= 11 is 0. The van der Waals surface area contributed by atoms with Gasteiger partial charge in [-0.2, -0.15) is 0 Å². The molecule has 1 aliphatic rings. The van der Waals surface area contributed by atoms with E-state index in [1.165, 1.54) is 0 Å². The molecule has 0 unspecified atom stereocenters. The van der Waals surface area contributed by atoms with Crippen molar-refractivity contribution in [1.82, 2.24) is 10.2 Å². The molecule has 0 aromatic heterocycles. The van der Waals surface area contributed by atoms with E-state index in [4.69, 9.17) is 10.8 Å². The van der Waals surface area contributed by atoms with E-state index in [0.29, 0.717) is 4.90 Å². The van der Waals surface area contributed by atoms with E-state index in [1.807, 2.05) is 0 Å². The molecule has 0 bridgehead atoms. The molecule has 0 spiro atoms. The number of amides is 3. The molecule has 120 valence electrons. The normalized spacial score (nSPS) is 20.0. The van der Waals surface area contributed by atoms with Gasteiger partial charge < -0.3 is 16.2 Å². The SMILES string of the molecule is CC(C)[C@H](N)C(=O)N[C@H]1CCC(=O)N(CC(=O)O)C1=O.Cl. The van der Waals surface area contributed by atoms with E-state index >= 15 is 0 Å². The zero-order chi connectivity index (χ0) is 15.4. The lowest BCUT2D eigenvalue weighted by Crippen LogP contribution is -2.58. The van der Waals surface area contributed by atoms with E-state index < -0.39 is 42.3 Å². The molecular weight excluding hydrogens is 302 g/mol. The smallest absolute Gasteiger partial charge is 0.323 e. The van der Waals surface area contributed by atoms with E-state index in [-0.39, 0.29) is 31.2 Å². The van der Waals surface area contributed by atoms with Crippen LogP contribution in [-0.4, -0.2) is 52.3 Å². The zero-order valence-corrected chi connectivity index (χ0v) is 12.7. The Hall–Kier alpha value is -1.67. The van der Waals surface area contributed by atoms with Gasteiger partial charge in [0.25, 0.3) is 5.91 Å². The number of carbonyl (C=O) groups excluding carboxylic acids is 3. The molecule has 0 aromatic rings. The number of carboxylic acid groups (broad SMARTS) is 1. The molecule has 0 radical (unpaired) electrons. The molecule has 3 amide bonds. The fraction of sp³-hybridized carbons (Fsp3) is 0.667. The van der Waals surface area contributed by atoms with Gasteiger partial charge in [0.05, 0.1) is 6.04 Å². The highest BCUT2D eigenvalue weighted by Gasteiger charge is 2.36. The molecule has 1 fully saturated rings. The quantitative estimate of drug-likeness (QED) is 0.563. The summed E-state index contributed by atoms with van der Waals surface area (Å²) in [7, 11) is 0. The fourth-order valence-corrected chi connectivity index (χ4v) is 1.84. The Morgan fingerprint density at radius 3 is 2.48 bits per heavy atom. The second-order valence-electron chi connectivity index (χ2n) is 5.08. The fourth-order valence-electron chi connectivity index (χ4n) is 1.84. The minimum Gasteiger partial charge on any atom is -0.480 e. The molecule has 0 aromatic carbocycles. The van der Waals surface area contributed by atoms with Crippen molar-refractivity contribution in [2.24, 2.45) is 11.7 Å². The van der Waals surface area contributed by atoms with Gasteiger partial charge in [0.1, 0.15) is 12.6 Å². The molecule has 1 rings (SSSR count). The highest BCUT2D eigenvalue weighted by Crippen LogP contribution is 2.13. The Balaban J connectivity index is 0.00000400. The third-order valence-electron chi connectivity index (χ3n) is 3.14. The number of hydrogen-bond acceptors (Lipinski definition) is 5. The summed E-state index contributed by atoms with van der Waals surface area (Å²) in [4.78, 5) is 46.6. The lowest BCUT2D eigenvalue weighted by atomic mass is 10.0. The second-order valence-corrected chi connectivity index (χ2v) is 5.08.